The lowest BCUT2D eigenvalue weighted by molar-refractivity contribution is -0.386. The Balaban J connectivity index is 3.11. The summed E-state index contributed by atoms with van der Waals surface area (Å²) in [6.45, 7) is 6.62. The Kier molecular flexibility index (Phi) is 4.47. The van der Waals surface area contributed by atoms with E-state index in [1.54, 1.807) is 26.0 Å². The zero-order valence-corrected chi connectivity index (χ0v) is 11.4. The second-order valence-electron chi connectivity index (χ2n) is 4.51. The molecule has 6 heteroatoms. The van der Waals surface area contributed by atoms with Crippen LogP contribution in [0.25, 0.3) is 0 Å². The number of rotatable bonds is 5. The number of ether oxygens (including phenoxy) is 2. The summed E-state index contributed by atoms with van der Waals surface area (Å²) in [4.78, 5) is 22.2. The zero-order chi connectivity index (χ0) is 14.6. The van der Waals surface area contributed by atoms with Gasteiger partial charge >= 0.3 is 11.7 Å². The van der Waals surface area contributed by atoms with Gasteiger partial charge in [0.25, 0.3) is 0 Å². The molecule has 0 aliphatic heterocycles. The molecule has 0 heterocycles. The molecule has 0 aliphatic carbocycles. The highest BCUT2D eigenvalue weighted by Crippen LogP contribution is 2.33. The normalized spacial score (nSPS) is 10.9. The van der Waals surface area contributed by atoms with Crippen LogP contribution in [-0.2, 0) is 9.53 Å². The van der Waals surface area contributed by atoms with E-state index in [4.69, 9.17) is 9.47 Å². The maximum Gasteiger partial charge on any atom is 0.349 e. The number of hydrogen-bond acceptors (Lipinski definition) is 5. The molecule has 0 fully saturated rings. The zero-order valence-electron chi connectivity index (χ0n) is 11.4. The van der Waals surface area contributed by atoms with Gasteiger partial charge in [-0.25, -0.2) is 4.79 Å². The fourth-order valence-corrected chi connectivity index (χ4v) is 1.52. The first-order valence-corrected chi connectivity index (χ1v) is 5.90. The number of para-hydroxylation sites is 1. The maximum absolute atomic E-state index is 11.7. The fourth-order valence-electron chi connectivity index (χ4n) is 1.52. The van der Waals surface area contributed by atoms with Crippen molar-refractivity contribution in [2.24, 2.45) is 0 Å². The smallest absolute Gasteiger partial charge is 0.349 e. The molecule has 6 nitrogen and oxygen atoms in total. The van der Waals surface area contributed by atoms with E-state index in [0.717, 1.165) is 0 Å². The van der Waals surface area contributed by atoms with E-state index >= 15 is 0 Å². The number of carbonyl (C=O) groups is 1. The van der Waals surface area contributed by atoms with E-state index in [1.807, 2.05) is 0 Å². The maximum atomic E-state index is 11.7. The standard InChI is InChI=1S/C13H17NO5/c1-5-18-12(15)13(3,4)19-11-9(2)7-6-8-10(11)14(16)17/h6-8H,5H2,1-4H3. The summed E-state index contributed by atoms with van der Waals surface area (Å²) >= 11 is 0. The minimum atomic E-state index is -1.28. The van der Waals surface area contributed by atoms with E-state index in [9.17, 15) is 14.9 Å². The van der Waals surface area contributed by atoms with Crippen molar-refractivity contribution in [3.8, 4) is 5.75 Å². The Morgan fingerprint density at radius 1 is 1.42 bits per heavy atom. The second kappa shape index (κ2) is 5.69. The Morgan fingerprint density at radius 2 is 2.05 bits per heavy atom. The number of nitro groups is 1. The molecule has 0 radical (unpaired) electrons. The van der Waals surface area contributed by atoms with Crippen LogP contribution in [0.5, 0.6) is 5.75 Å². The van der Waals surface area contributed by atoms with Crippen LogP contribution in [-0.4, -0.2) is 23.1 Å². The van der Waals surface area contributed by atoms with Crippen molar-refractivity contribution in [3.63, 3.8) is 0 Å². The monoisotopic (exact) mass is 267 g/mol. The van der Waals surface area contributed by atoms with E-state index in [2.05, 4.69) is 0 Å². The van der Waals surface area contributed by atoms with Gasteiger partial charge in [-0.3, -0.25) is 10.1 Å². The average Bonchev–Trinajstić information content (AvgIpc) is 2.31. The van der Waals surface area contributed by atoms with Gasteiger partial charge in [0.1, 0.15) is 0 Å². The number of nitro benzene ring substituents is 1. The molecule has 1 rings (SSSR count). The predicted molar refractivity (Wildman–Crippen MR) is 69.2 cm³/mol. The minimum absolute atomic E-state index is 0.0885. The van der Waals surface area contributed by atoms with Gasteiger partial charge in [-0.2, -0.15) is 0 Å². The topological polar surface area (TPSA) is 78.7 Å². The van der Waals surface area contributed by atoms with Crippen LogP contribution in [0.2, 0.25) is 0 Å². The van der Waals surface area contributed by atoms with Crippen molar-refractivity contribution in [1.29, 1.82) is 0 Å². The molecule has 0 unspecified atom stereocenters. The largest absolute Gasteiger partial charge is 0.469 e. The SMILES string of the molecule is CCOC(=O)C(C)(C)Oc1c(C)cccc1[N+](=O)[O-]. The van der Waals surface area contributed by atoms with Gasteiger partial charge in [0.2, 0.25) is 11.4 Å². The quantitative estimate of drug-likeness (QED) is 0.465. The number of carbonyl (C=O) groups excluding carboxylic acids is 1. The highest BCUT2D eigenvalue weighted by atomic mass is 16.6. The van der Waals surface area contributed by atoms with Crippen molar-refractivity contribution < 1.29 is 19.2 Å². The molecule has 0 N–H and O–H groups in total. The summed E-state index contributed by atoms with van der Waals surface area (Å²) in [5.74, 6) is -0.474. The Bertz CT molecular complexity index is 496. The van der Waals surface area contributed by atoms with Gasteiger partial charge < -0.3 is 9.47 Å². The minimum Gasteiger partial charge on any atom is -0.469 e. The van der Waals surface area contributed by atoms with Crippen LogP contribution in [0.15, 0.2) is 18.2 Å². The van der Waals surface area contributed by atoms with Gasteiger partial charge in [-0.05, 0) is 33.3 Å². The molecule has 0 atom stereocenters. The number of hydrogen-bond donors (Lipinski definition) is 0. The highest BCUT2D eigenvalue weighted by Gasteiger charge is 2.34. The van der Waals surface area contributed by atoms with E-state index in [1.165, 1.54) is 19.9 Å². The van der Waals surface area contributed by atoms with Crippen LogP contribution in [0.3, 0.4) is 0 Å². The summed E-state index contributed by atoms with van der Waals surface area (Å²) in [5, 5.41) is 11.0. The molecule has 1 aromatic carbocycles. The third kappa shape index (κ3) is 3.43. The third-order valence-corrected chi connectivity index (χ3v) is 2.51. The number of benzene rings is 1. The van der Waals surface area contributed by atoms with Crippen molar-refractivity contribution in [1.82, 2.24) is 0 Å². The Labute approximate surface area is 111 Å². The molecule has 104 valence electrons. The molecule has 0 aromatic heterocycles. The first kappa shape index (κ1) is 14.9. The number of esters is 1. The van der Waals surface area contributed by atoms with Gasteiger partial charge in [0, 0.05) is 6.07 Å². The molecule has 19 heavy (non-hydrogen) atoms. The highest BCUT2D eigenvalue weighted by molar-refractivity contribution is 5.79. The van der Waals surface area contributed by atoms with Crippen molar-refractivity contribution >= 4 is 11.7 Å². The first-order chi connectivity index (χ1) is 8.79. The van der Waals surface area contributed by atoms with Crippen LogP contribution < -0.4 is 4.74 Å². The summed E-state index contributed by atoms with van der Waals surface area (Å²) in [6, 6.07) is 4.59. The first-order valence-electron chi connectivity index (χ1n) is 5.90. The van der Waals surface area contributed by atoms with E-state index < -0.39 is 16.5 Å². The molecule has 0 saturated heterocycles. The van der Waals surface area contributed by atoms with Crippen LogP contribution in [0, 0.1) is 17.0 Å². The molecule has 0 bridgehead atoms. The molecule has 0 spiro atoms. The van der Waals surface area contributed by atoms with Gasteiger partial charge in [-0.15, -0.1) is 0 Å². The fraction of sp³-hybridized carbons (Fsp3) is 0.462. The summed E-state index contributed by atoms with van der Waals surface area (Å²) < 4.78 is 10.4. The van der Waals surface area contributed by atoms with E-state index in [0.29, 0.717) is 5.56 Å². The van der Waals surface area contributed by atoms with Gasteiger partial charge in [0.15, 0.2) is 0 Å². The number of nitrogens with zero attached hydrogens (tertiary/aromatic N) is 1. The molecular formula is C13H17NO5. The molecule has 0 saturated carbocycles. The Hall–Kier alpha value is -2.11. The number of aryl methyl sites for hydroxylation is 1. The second-order valence-corrected chi connectivity index (χ2v) is 4.51. The van der Waals surface area contributed by atoms with Crippen molar-refractivity contribution in [3.05, 3.63) is 33.9 Å². The van der Waals surface area contributed by atoms with Crippen molar-refractivity contribution in [2.45, 2.75) is 33.3 Å². The lowest BCUT2D eigenvalue weighted by atomic mass is 10.1. The Morgan fingerprint density at radius 3 is 2.58 bits per heavy atom. The predicted octanol–water partition coefficient (Wildman–Crippen LogP) is 2.62. The molecule has 0 amide bonds. The van der Waals surface area contributed by atoms with Crippen LogP contribution >= 0.6 is 0 Å². The molecule has 0 aliphatic rings. The van der Waals surface area contributed by atoms with Crippen LogP contribution in [0.1, 0.15) is 26.3 Å². The van der Waals surface area contributed by atoms with Crippen LogP contribution in [0.4, 0.5) is 5.69 Å². The summed E-state index contributed by atoms with van der Waals surface area (Å²) in [6.07, 6.45) is 0. The lowest BCUT2D eigenvalue weighted by Crippen LogP contribution is -2.40. The molecule has 1 aromatic rings. The lowest BCUT2D eigenvalue weighted by Gasteiger charge is -2.24. The van der Waals surface area contributed by atoms with Gasteiger partial charge in [-0.1, -0.05) is 12.1 Å². The molecular weight excluding hydrogens is 250 g/mol. The van der Waals surface area contributed by atoms with Gasteiger partial charge in [0.05, 0.1) is 11.5 Å². The van der Waals surface area contributed by atoms with E-state index in [-0.39, 0.29) is 18.0 Å². The average molecular weight is 267 g/mol. The third-order valence-electron chi connectivity index (χ3n) is 2.51. The van der Waals surface area contributed by atoms with Crippen molar-refractivity contribution in [2.75, 3.05) is 6.61 Å². The summed E-state index contributed by atoms with van der Waals surface area (Å²) in [7, 11) is 0. The summed E-state index contributed by atoms with van der Waals surface area (Å²) in [5.41, 5.74) is -0.865.